The van der Waals surface area contributed by atoms with E-state index in [1.54, 1.807) is 6.92 Å². The number of ketones is 1. The molecule has 1 fully saturated rings. The van der Waals surface area contributed by atoms with Crippen LogP contribution in [0.3, 0.4) is 0 Å². The van der Waals surface area contributed by atoms with Gasteiger partial charge in [0.2, 0.25) is 0 Å². The van der Waals surface area contributed by atoms with E-state index in [4.69, 9.17) is 0 Å². The molecule has 84 valence electrons. The van der Waals surface area contributed by atoms with E-state index in [0.717, 1.165) is 11.8 Å². The Morgan fingerprint density at radius 1 is 1.20 bits per heavy atom. The first kappa shape index (κ1) is 12.0. The summed E-state index contributed by atoms with van der Waals surface area (Å²) in [7, 11) is 2.42. The third-order valence-corrected chi connectivity index (χ3v) is 3.65. The first-order valence-corrected chi connectivity index (χ1v) is 5.32. The van der Waals surface area contributed by atoms with Gasteiger partial charge in [0, 0.05) is 0 Å². The summed E-state index contributed by atoms with van der Waals surface area (Å²) >= 11 is 1.13. The summed E-state index contributed by atoms with van der Waals surface area (Å²) in [6, 6.07) is 0. The summed E-state index contributed by atoms with van der Waals surface area (Å²) in [6.45, 7) is 1.66. The van der Waals surface area contributed by atoms with Gasteiger partial charge in [-0.05, 0) is 6.92 Å². The van der Waals surface area contributed by atoms with Crippen molar-refractivity contribution in [3.63, 3.8) is 0 Å². The van der Waals surface area contributed by atoms with Crippen molar-refractivity contribution in [3.05, 3.63) is 0 Å². The highest BCUT2D eigenvalue weighted by Gasteiger charge is 2.49. The lowest BCUT2D eigenvalue weighted by Crippen LogP contribution is -2.35. The van der Waals surface area contributed by atoms with Crippen molar-refractivity contribution in [2.75, 3.05) is 14.2 Å². The Labute approximate surface area is 91.5 Å². The number of Topliss-reactive ketones (excluding diaryl/α,β-unsaturated/α-hetero) is 1. The lowest BCUT2D eigenvalue weighted by molar-refractivity contribution is -0.153. The predicted octanol–water partition coefficient (Wildman–Crippen LogP) is 0.0216. The molecule has 1 rings (SSSR count). The molecule has 6 heteroatoms. The lowest BCUT2D eigenvalue weighted by Gasteiger charge is -2.12. The smallest absolute Gasteiger partial charge is 0.320 e. The van der Waals surface area contributed by atoms with E-state index in [9.17, 15) is 14.4 Å². The summed E-state index contributed by atoms with van der Waals surface area (Å²) < 4.78 is 9.03. The number of hydrogen-bond donors (Lipinski definition) is 0. The van der Waals surface area contributed by atoms with Crippen molar-refractivity contribution < 1.29 is 23.9 Å². The molecule has 0 radical (unpaired) electrons. The van der Waals surface area contributed by atoms with Gasteiger partial charge in [0.1, 0.15) is 11.2 Å². The van der Waals surface area contributed by atoms with Crippen molar-refractivity contribution in [1.29, 1.82) is 0 Å². The largest absolute Gasteiger partial charge is 0.468 e. The average molecular weight is 232 g/mol. The molecule has 1 saturated heterocycles. The number of carbonyl (C=O) groups is 3. The summed E-state index contributed by atoms with van der Waals surface area (Å²) in [5.41, 5.74) is 0. The number of methoxy groups -OCH3 is 2. The number of hydrogen-bond acceptors (Lipinski definition) is 6. The molecule has 5 nitrogen and oxygen atoms in total. The molecule has 0 aromatic rings. The van der Waals surface area contributed by atoms with E-state index >= 15 is 0 Å². The van der Waals surface area contributed by atoms with E-state index < -0.39 is 23.1 Å². The lowest BCUT2D eigenvalue weighted by atomic mass is 9.98. The van der Waals surface area contributed by atoms with Crippen LogP contribution in [0, 0.1) is 5.92 Å². The van der Waals surface area contributed by atoms with Crippen LogP contribution in [0.1, 0.15) is 6.92 Å². The molecule has 3 atom stereocenters. The van der Waals surface area contributed by atoms with E-state index in [0.29, 0.717) is 0 Å². The van der Waals surface area contributed by atoms with Crippen LogP contribution in [-0.2, 0) is 23.9 Å². The van der Waals surface area contributed by atoms with E-state index in [-0.39, 0.29) is 11.0 Å². The summed E-state index contributed by atoms with van der Waals surface area (Å²) in [4.78, 5) is 34.3. The molecule has 0 aromatic heterocycles. The van der Waals surface area contributed by atoms with Crippen LogP contribution >= 0.6 is 11.8 Å². The SMILES string of the molecule is COC(=O)C1SC(C)C(=O)C1C(=O)OC. The molecule has 0 aliphatic carbocycles. The zero-order chi connectivity index (χ0) is 11.6. The first-order valence-electron chi connectivity index (χ1n) is 4.37. The average Bonchev–Trinajstić information content (AvgIpc) is 2.53. The van der Waals surface area contributed by atoms with Crippen molar-refractivity contribution in [2.45, 2.75) is 17.4 Å². The normalized spacial score (nSPS) is 30.1. The number of thioether (sulfide) groups is 1. The molecule has 0 N–H and O–H groups in total. The maximum atomic E-state index is 11.6. The van der Waals surface area contributed by atoms with Crippen LogP contribution in [0.2, 0.25) is 0 Å². The molecular formula is C9H12O5S. The highest BCUT2D eigenvalue weighted by atomic mass is 32.2. The summed E-state index contributed by atoms with van der Waals surface area (Å²) in [5.74, 6) is -2.54. The molecule has 0 amide bonds. The minimum atomic E-state index is -1.03. The Morgan fingerprint density at radius 3 is 2.20 bits per heavy atom. The Kier molecular flexibility index (Phi) is 3.73. The highest BCUT2D eigenvalue weighted by Crippen LogP contribution is 2.36. The Morgan fingerprint density at radius 2 is 1.73 bits per heavy atom. The van der Waals surface area contributed by atoms with E-state index in [1.165, 1.54) is 14.2 Å². The van der Waals surface area contributed by atoms with Crippen molar-refractivity contribution in [3.8, 4) is 0 Å². The number of carbonyl (C=O) groups excluding carboxylic acids is 3. The minimum Gasteiger partial charge on any atom is -0.468 e. The zero-order valence-electron chi connectivity index (χ0n) is 8.68. The standard InChI is InChI=1S/C9H12O5S/c1-4-6(10)5(8(11)13-2)7(15-4)9(12)14-3/h4-5,7H,1-3H3. The molecule has 0 spiro atoms. The van der Waals surface area contributed by atoms with Crippen molar-refractivity contribution in [1.82, 2.24) is 0 Å². The molecule has 1 aliphatic heterocycles. The fourth-order valence-corrected chi connectivity index (χ4v) is 2.77. The molecule has 0 bridgehead atoms. The second-order valence-corrected chi connectivity index (χ2v) is 4.61. The van der Waals surface area contributed by atoms with Gasteiger partial charge in [-0.25, -0.2) is 0 Å². The molecule has 0 aromatic carbocycles. The molecule has 1 aliphatic rings. The van der Waals surface area contributed by atoms with Crippen LogP contribution in [0.25, 0.3) is 0 Å². The maximum absolute atomic E-state index is 11.6. The van der Waals surface area contributed by atoms with Gasteiger partial charge in [-0.3, -0.25) is 14.4 Å². The summed E-state index contributed by atoms with van der Waals surface area (Å²) in [5, 5.41) is -1.15. The molecule has 0 saturated carbocycles. The number of ether oxygens (including phenoxy) is 2. The van der Waals surface area contributed by atoms with Crippen LogP contribution in [0.5, 0.6) is 0 Å². The maximum Gasteiger partial charge on any atom is 0.320 e. The summed E-state index contributed by atoms with van der Waals surface area (Å²) in [6.07, 6.45) is 0. The quantitative estimate of drug-likeness (QED) is 0.494. The number of rotatable bonds is 2. The van der Waals surface area contributed by atoms with Gasteiger partial charge in [-0.2, -0.15) is 0 Å². The minimum absolute atomic E-state index is 0.276. The van der Waals surface area contributed by atoms with Gasteiger partial charge in [0.25, 0.3) is 0 Å². The van der Waals surface area contributed by atoms with E-state index in [1.807, 2.05) is 0 Å². The second-order valence-electron chi connectivity index (χ2n) is 3.13. The van der Waals surface area contributed by atoms with Crippen LogP contribution in [0.15, 0.2) is 0 Å². The van der Waals surface area contributed by atoms with Crippen molar-refractivity contribution >= 4 is 29.5 Å². The van der Waals surface area contributed by atoms with Crippen LogP contribution in [0.4, 0.5) is 0 Å². The van der Waals surface area contributed by atoms with Gasteiger partial charge in [0.05, 0.1) is 19.5 Å². The van der Waals surface area contributed by atoms with Gasteiger partial charge >= 0.3 is 11.9 Å². The number of esters is 2. The fourth-order valence-electron chi connectivity index (χ4n) is 1.44. The monoisotopic (exact) mass is 232 g/mol. The molecular weight excluding hydrogens is 220 g/mol. The fraction of sp³-hybridized carbons (Fsp3) is 0.667. The second kappa shape index (κ2) is 4.65. The molecule has 1 heterocycles. The molecule has 3 unspecified atom stereocenters. The van der Waals surface area contributed by atoms with Crippen LogP contribution in [-0.4, -0.2) is 42.4 Å². The van der Waals surface area contributed by atoms with Gasteiger partial charge < -0.3 is 9.47 Å². The Bertz CT molecular complexity index is 301. The highest BCUT2D eigenvalue weighted by molar-refractivity contribution is 8.02. The third kappa shape index (κ3) is 2.14. The van der Waals surface area contributed by atoms with Gasteiger partial charge in [0.15, 0.2) is 5.78 Å². The molecule has 15 heavy (non-hydrogen) atoms. The predicted molar refractivity (Wildman–Crippen MR) is 53.4 cm³/mol. The van der Waals surface area contributed by atoms with Crippen LogP contribution < -0.4 is 0 Å². The van der Waals surface area contributed by atoms with Gasteiger partial charge in [-0.1, -0.05) is 0 Å². The zero-order valence-corrected chi connectivity index (χ0v) is 9.50. The first-order chi connectivity index (χ1) is 7.02. The third-order valence-electron chi connectivity index (χ3n) is 2.25. The van der Waals surface area contributed by atoms with Gasteiger partial charge in [-0.15, -0.1) is 11.8 Å². The van der Waals surface area contributed by atoms with E-state index in [2.05, 4.69) is 9.47 Å². The Balaban J connectivity index is 2.92. The topological polar surface area (TPSA) is 69.7 Å². The Hall–Kier alpha value is -1.04. The van der Waals surface area contributed by atoms with Crippen molar-refractivity contribution in [2.24, 2.45) is 5.92 Å².